The molecule has 1 aliphatic heterocycles. The quantitative estimate of drug-likeness (QED) is 0.823. The molecule has 2 heterocycles. The maximum atomic E-state index is 12.0. The van der Waals surface area contributed by atoms with Gasteiger partial charge in [-0.15, -0.1) is 0 Å². The Morgan fingerprint density at radius 1 is 1.38 bits per heavy atom. The Morgan fingerprint density at radius 2 is 2.24 bits per heavy atom. The number of pyridine rings is 1. The van der Waals surface area contributed by atoms with E-state index in [2.05, 4.69) is 15.6 Å². The molecule has 0 spiro atoms. The van der Waals surface area contributed by atoms with Crippen molar-refractivity contribution in [3.05, 3.63) is 29.6 Å². The predicted molar refractivity (Wildman–Crippen MR) is 78.2 cm³/mol. The summed E-state index contributed by atoms with van der Waals surface area (Å²) in [5.74, 6) is -0.469. The molecule has 0 bridgehead atoms. The van der Waals surface area contributed by atoms with E-state index in [1.54, 1.807) is 6.07 Å². The Kier molecular flexibility index (Phi) is 5.68. The maximum Gasteiger partial charge on any atom is 0.269 e. The van der Waals surface area contributed by atoms with Gasteiger partial charge in [0.1, 0.15) is 5.69 Å². The van der Waals surface area contributed by atoms with Crippen molar-refractivity contribution in [1.29, 1.82) is 0 Å². The van der Waals surface area contributed by atoms with Crippen LogP contribution in [0.5, 0.6) is 0 Å². The van der Waals surface area contributed by atoms with Crippen molar-refractivity contribution in [2.24, 2.45) is 0 Å². The highest BCUT2D eigenvalue weighted by molar-refractivity contribution is 5.98. The Bertz CT molecular complexity index is 499. The Hall–Kier alpha value is -1.95. The molecule has 0 aromatic carbocycles. The topological polar surface area (TPSA) is 80.3 Å². The van der Waals surface area contributed by atoms with E-state index in [1.165, 1.54) is 12.3 Å². The van der Waals surface area contributed by atoms with Gasteiger partial charge < -0.3 is 15.4 Å². The smallest absolute Gasteiger partial charge is 0.269 e. The van der Waals surface area contributed by atoms with Crippen LogP contribution in [0.4, 0.5) is 0 Å². The molecule has 21 heavy (non-hydrogen) atoms. The van der Waals surface area contributed by atoms with E-state index in [0.717, 1.165) is 25.9 Å². The van der Waals surface area contributed by atoms with Gasteiger partial charge in [0.2, 0.25) is 0 Å². The number of rotatable bonds is 6. The van der Waals surface area contributed by atoms with Gasteiger partial charge in [0.15, 0.2) is 0 Å². The first-order valence-electron chi connectivity index (χ1n) is 7.34. The van der Waals surface area contributed by atoms with Crippen molar-refractivity contribution in [2.75, 3.05) is 19.7 Å². The summed E-state index contributed by atoms with van der Waals surface area (Å²) < 4.78 is 5.45. The fraction of sp³-hybridized carbons (Fsp3) is 0.533. The number of nitrogens with zero attached hydrogens (tertiary/aromatic N) is 1. The lowest BCUT2D eigenvalue weighted by atomic mass is 10.2. The van der Waals surface area contributed by atoms with Crippen molar-refractivity contribution < 1.29 is 14.3 Å². The molecular weight excluding hydrogens is 270 g/mol. The van der Waals surface area contributed by atoms with Gasteiger partial charge in [-0.3, -0.25) is 14.6 Å². The van der Waals surface area contributed by atoms with Crippen LogP contribution in [0.25, 0.3) is 0 Å². The molecule has 0 radical (unpaired) electrons. The van der Waals surface area contributed by atoms with Crippen LogP contribution < -0.4 is 10.6 Å². The molecule has 2 rings (SSSR count). The number of hydrogen-bond acceptors (Lipinski definition) is 4. The zero-order chi connectivity index (χ0) is 15.1. The van der Waals surface area contributed by atoms with Crippen molar-refractivity contribution in [1.82, 2.24) is 15.6 Å². The highest BCUT2D eigenvalue weighted by Gasteiger charge is 2.17. The minimum absolute atomic E-state index is 0.0879. The third kappa shape index (κ3) is 4.53. The summed E-state index contributed by atoms with van der Waals surface area (Å²) in [6.07, 6.45) is 4.43. The number of aromatic nitrogens is 1. The van der Waals surface area contributed by atoms with Crippen molar-refractivity contribution in [3.63, 3.8) is 0 Å². The molecule has 2 amide bonds. The minimum atomic E-state index is -0.282. The molecule has 1 unspecified atom stereocenters. The van der Waals surface area contributed by atoms with Gasteiger partial charge in [-0.1, -0.05) is 6.92 Å². The van der Waals surface area contributed by atoms with Gasteiger partial charge >= 0.3 is 0 Å². The number of ether oxygens (including phenoxy) is 1. The second-order valence-electron chi connectivity index (χ2n) is 5.03. The summed E-state index contributed by atoms with van der Waals surface area (Å²) in [7, 11) is 0. The monoisotopic (exact) mass is 291 g/mol. The normalized spacial score (nSPS) is 17.5. The van der Waals surface area contributed by atoms with Crippen molar-refractivity contribution in [3.8, 4) is 0 Å². The van der Waals surface area contributed by atoms with E-state index < -0.39 is 0 Å². The van der Waals surface area contributed by atoms with Crippen LogP contribution in [0.2, 0.25) is 0 Å². The molecule has 1 aliphatic rings. The molecule has 1 aromatic rings. The average molecular weight is 291 g/mol. The largest absolute Gasteiger partial charge is 0.376 e. The Labute approximate surface area is 124 Å². The number of hydrogen-bond donors (Lipinski definition) is 2. The number of carbonyl (C=O) groups excluding carboxylic acids is 2. The lowest BCUT2D eigenvalue weighted by Gasteiger charge is -2.10. The van der Waals surface area contributed by atoms with E-state index in [9.17, 15) is 9.59 Å². The summed E-state index contributed by atoms with van der Waals surface area (Å²) in [6.45, 7) is 3.83. The highest BCUT2D eigenvalue weighted by Crippen LogP contribution is 2.11. The molecule has 2 N–H and O–H groups in total. The van der Waals surface area contributed by atoms with E-state index in [-0.39, 0.29) is 23.6 Å². The molecule has 1 fully saturated rings. The lowest BCUT2D eigenvalue weighted by Crippen LogP contribution is -2.32. The van der Waals surface area contributed by atoms with Crippen LogP contribution >= 0.6 is 0 Å². The molecule has 6 nitrogen and oxygen atoms in total. The Balaban J connectivity index is 1.92. The molecule has 1 saturated heterocycles. The van der Waals surface area contributed by atoms with Gasteiger partial charge in [-0.25, -0.2) is 0 Å². The third-order valence-electron chi connectivity index (χ3n) is 3.30. The predicted octanol–water partition coefficient (Wildman–Crippen LogP) is 1.13. The van der Waals surface area contributed by atoms with Gasteiger partial charge in [-0.2, -0.15) is 0 Å². The lowest BCUT2D eigenvalue weighted by molar-refractivity contribution is 0.0853. The number of nitrogens with one attached hydrogen (secondary N) is 2. The summed E-state index contributed by atoms with van der Waals surface area (Å²) >= 11 is 0. The number of carbonyl (C=O) groups is 2. The van der Waals surface area contributed by atoms with Crippen LogP contribution in [0.1, 0.15) is 47.0 Å². The van der Waals surface area contributed by atoms with Crippen LogP contribution in [-0.4, -0.2) is 42.6 Å². The van der Waals surface area contributed by atoms with Crippen LogP contribution in [0, 0.1) is 0 Å². The highest BCUT2D eigenvalue weighted by atomic mass is 16.5. The van der Waals surface area contributed by atoms with Crippen LogP contribution in [-0.2, 0) is 4.74 Å². The zero-order valence-electron chi connectivity index (χ0n) is 12.2. The van der Waals surface area contributed by atoms with Crippen molar-refractivity contribution in [2.45, 2.75) is 32.3 Å². The van der Waals surface area contributed by atoms with Gasteiger partial charge in [0.05, 0.1) is 6.10 Å². The van der Waals surface area contributed by atoms with E-state index >= 15 is 0 Å². The molecular formula is C15H21N3O3. The second-order valence-corrected chi connectivity index (χ2v) is 5.03. The Morgan fingerprint density at radius 3 is 2.95 bits per heavy atom. The summed E-state index contributed by atoms with van der Waals surface area (Å²) in [5, 5.41) is 5.57. The van der Waals surface area contributed by atoms with E-state index in [4.69, 9.17) is 4.74 Å². The van der Waals surface area contributed by atoms with Crippen LogP contribution in [0.3, 0.4) is 0 Å². The van der Waals surface area contributed by atoms with Gasteiger partial charge in [0, 0.05) is 31.5 Å². The van der Waals surface area contributed by atoms with E-state index in [0.29, 0.717) is 18.7 Å². The maximum absolute atomic E-state index is 12.0. The van der Waals surface area contributed by atoms with Crippen LogP contribution in [0.15, 0.2) is 18.3 Å². The summed E-state index contributed by atoms with van der Waals surface area (Å²) in [6, 6.07) is 3.11. The van der Waals surface area contributed by atoms with Gasteiger partial charge in [0.25, 0.3) is 11.8 Å². The summed E-state index contributed by atoms with van der Waals surface area (Å²) in [5.41, 5.74) is 0.692. The fourth-order valence-electron chi connectivity index (χ4n) is 2.14. The van der Waals surface area contributed by atoms with Crippen molar-refractivity contribution >= 4 is 11.8 Å². The third-order valence-corrected chi connectivity index (χ3v) is 3.30. The van der Waals surface area contributed by atoms with Gasteiger partial charge in [-0.05, 0) is 31.4 Å². The SMILES string of the molecule is CCCNC(=O)c1ccnc(C(=O)NCC2CCCO2)c1. The minimum Gasteiger partial charge on any atom is -0.376 e. The standard InChI is InChI=1S/C15H21N3O3/c1-2-6-17-14(19)11-5-7-16-13(9-11)15(20)18-10-12-4-3-8-21-12/h5,7,9,12H,2-4,6,8,10H2,1H3,(H,17,19)(H,18,20). The first-order valence-corrected chi connectivity index (χ1v) is 7.34. The zero-order valence-corrected chi connectivity index (χ0v) is 12.2. The molecule has 114 valence electrons. The molecule has 0 saturated carbocycles. The summed E-state index contributed by atoms with van der Waals surface area (Å²) in [4.78, 5) is 27.9. The average Bonchev–Trinajstić information content (AvgIpc) is 3.03. The molecule has 0 aliphatic carbocycles. The second kappa shape index (κ2) is 7.73. The molecule has 1 aromatic heterocycles. The molecule has 1 atom stereocenters. The fourth-order valence-corrected chi connectivity index (χ4v) is 2.14. The number of amides is 2. The molecule has 6 heteroatoms. The first kappa shape index (κ1) is 15.4. The first-order chi connectivity index (χ1) is 10.2. The van der Waals surface area contributed by atoms with E-state index in [1.807, 2.05) is 6.92 Å².